The van der Waals surface area contributed by atoms with Crippen molar-refractivity contribution in [3.05, 3.63) is 65.7 Å². The van der Waals surface area contributed by atoms with E-state index in [0.29, 0.717) is 12.4 Å². The number of imide groups is 1. The molecule has 0 saturated carbocycles. The van der Waals surface area contributed by atoms with Crippen LogP contribution in [-0.4, -0.2) is 35.7 Å². The number of likely N-dealkylation sites (tertiary alicyclic amines) is 1. The molecule has 2 aromatic carbocycles. The summed E-state index contributed by atoms with van der Waals surface area (Å²) < 4.78 is 16.8. The lowest BCUT2D eigenvalue weighted by atomic mass is 10.0. The zero-order valence-electron chi connectivity index (χ0n) is 17.3. The second-order valence-corrected chi connectivity index (χ2v) is 8.00. The van der Waals surface area contributed by atoms with Gasteiger partial charge in [-0.2, -0.15) is 0 Å². The van der Waals surface area contributed by atoms with Crippen LogP contribution in [0.1, 0.15) is 44.4 Å². The predicted octanol–water partition coefficient (Wildman–Crippen LogP) is 4.49. The molecule has 0 spiro atoms. The van der Waals surface area contributed by atoms with E-state index in [0.717, 1.165) is 11.1 Å². The molecule has 0 bridgehead atoms. The van der Waals surface area contributed by atoms with Crippen molar-refractivity contribution in [2.24, 2.45) is 0 Å². The molecule has 6 heteroatoms. The number of hydrogen-bond donors (Lipinski definition) is 0. The number of benzene rings is 2. The molecule has 0 N–H and O–H groups in total. The van der Waals surface area contributed by atoms with Gasteiger partial charge in [-0.05, 0) is 44.0 Å². The highest BCUT2D eigenvalue weighted by Gasteiger charge is 2.46. The Labute approximate surface area is 171 Å². The number of hydrogen-bond acceptors (Lipinski definition) is 5. The van der Waals surface area contributed by atoms with E-state index >= 15 is 0 Å². The van der Waals surface area contributed by atoms with Crippen LogP contribution < -0.4 is 4.74 Å². The van der Waals surface area contributed by atoms with Gasteiger partial charge in [0.25, 0.3) is 0 Å². The minimum absolute atomic E-state index is 0.114. The maximum Gasteiger partial charge on any atom is 0.417 e. The predicted molar refractivity (Wildman–Crippen MR) is 108 cm³/mol. The Balaban J connectivity index is 1.87. The fraction of sp³-hybridized carbons (Fsp3) is 0.391. The topological polar surface area (TPSA) is 65.1 Å². The first-order valence-electron chi connectivity index (χ1n) is 9.63. The smallest absolute Gasteiger partial charge is 0.417 e. The van der Waals surface area contributed by atoms with Crippen molar-refractivity contribution in [2.75, 3.05) is 7.11 Å². The molecule has 6 nitrogen and oxygen atoms in total. The minimum atomic E-state index is -0.704. The first kappa shape index (κ1) is 20.9. The standard InChI is InChI=1S/C23H27NO5/c1-23(2,3)29-22(26)24-20(25)14-19(28-15-16-8-6-5-7-9-16)21(24)17-10-12-18(27-4)13-11-17/h5-13,19,21H,14-15H2,1-4H3/t19-,21-/m0/s1. The van der Waals surface area contributed by atoms with Crippen molar-refractivity contribution in [1.29, 1.82) is 0 Å². The molecule has 2 amide bonds. The van der Waals surface area contributed by atoms with E-state index in [1.165, 1.54) is 4.90 Å². The van der Waals surface area contributed by atoms with Gasteiger partial charge in [-0.25, -0.2) is 9.69 Å². The average molecular weight is 397 g/mol. The van der Waals surface area contributed by atoms with E-state index in [2.05, 4.69) is 0 Å². The molecular weight excluding hydrogens is 370 g/mol. The van der Waals surface area contributed by atoms with Crippen molar-refractivity contribution in [3.8, 4) is 5.75 Å². The van der Waals surface area contributed by atoms with Gasteiger partial charge in [0.1, 0.15) is 11.4 Å². The van der Waals surface area contributed by atoms with Crippen molar-refractivity contribution >= 4 is 12.0 Å². The third-order valence-corrected chi connectivity index (χ3v) is 4.63. The summed E-state index contributed by atoms with van der Waals surface area (Å²) in [6.45, 7) is 5.68. The van der Waals surface area contributed by atoms with Gasteiger partial charge in [0, 0.05) is 0 Å². The highest BCUT2D eigenvalue weighted by molar-refractivity contribution is 5.95. The van der Waals surface area contributed by atoms with Gasteiger partial charge in [0.05, 0.1) is 32.3 Å². The molecule has 1 fully saturated rings. The Morgan fingerprint density at radius 2 is 1.72 bits per heavy atom. The summed E-state index contributed by atoms with van der Waals surface area (Å²) >= 11 is 0. The largest absolute Gasteiger partial charge is 0.497 e. The molecule has 0 radical (unpaired) electrons. The van der Waals surface area contributed by atoms with Crippen LogP contribution in [-0.2, 0) is 20.9 Å². The number of rotatable bonds is 5. The lowest BCUT2D eigenvalue weighted by Crippen LogP contribution is -2.40. The van der Waals surface area contributed by atoms with Crippen LogP contribution in [0.4, 0.5) is 4.79 Å². The van der Waals surface area contributed by atoms with Crippen LogP contribution in [0.5, 0.6) is 5.75 Å². The van der Waals surface area contributed by atoms with Crippen LogP contribution in [0.2, 0.25) is 0 Å². The van der Waals surface area contributed by atoms with Gasteiger partial charge in [0.15, 0.2) is 0 Å². The number of carbonyl (C=O) groups is 2. The monoisotopic (exact) mass is 397 g/mol. The molecule has 1 heterocycles. The number of nitrogens with zero attached hydrogens (tertiary/aromatic N) is 1. The Kier molecular flexibility index (Phi) is 6.23. The fourth-order valence-electron chi connectivity index (χ4n) is 3.32. The van der Waals surface area contributed by atoms with Crippen molar-refractivity contribution in [3.63, 3.8) is 0 Å². The Morgan fingerprint density at radius 1 is 1.07 bits per heavy atom. The summed E-state index contributed by atoms with van der Waals surface area (Å²) in [4.78, 5) is 26.7. The summed E-state index contributed by atoms with van der Waals surface area (Å²) in [5.41, 5.74) is 1.09. The third-order valence-electron chi connectivity index (χ3n) is 4.63. The number of ether oxygens (including phenoxy) is 3. The molecule has 154 valence electrons. The second kappa shape index (κ2) is 8.66. The summed E-state index contributed by atoms with van der Waals surface area (Å²) in [5, 5.41) is 0. The lowest BCUT2D eigenvalue weighted by molar-refractivity contribution is -0.128. The molecule has 2 atom stereocenters. The van der Waals surface area contributed by atoms with Crippen LogP contribution >= 0.6 is 0 Å². The van der Waals surface area contributed by atoms with Gasteiger partial charge < -0.3 is 14.2 Å². The quantitative estimate of drug-likeness (QED) is 0.744. The maximum atomic E-state index is 12.8. The first-order chi connectivity index (χ1) is 13.8. The van der Waals surface area contributed by atoms with Crippen LogP contribution in [0, 0.1) is 0 Å². The van der Waals surface area contributed by atoms with Crippen LogP contribution in [0.3, 0.4) is 0 Å². The highest BCUT2D eigenvalue weighted by atomic mass is 16.6. The highest BCUT2D eigenvalue weighted by Crippen LogP contribution is 2.37. The molecule has 0 aromatic heterocycles. The molecule has 29 heavy (non-hydrogen) atoms. The Morgan fingerprint density at radius 3 is 2.31 bits per heavy atom. The van der Waals surface area contributed by atoms with E-state index in [-0.39, 0.29) is 12.3 Å². The molecule has 1 aliphatic heterocycles. The summed E-state index contributed by atoms with van der Waals surface area (Å²) in [5.74, 6) is 0.391. The molecule has 3 rings (SSSR count). The van der Waals surface area contributed by atoms with Gasteiger partial charge in [-0.15, -0.1) is 0 Å². The van der Waals surface area contributed by atoms with E-state index in [9.17, 15) is 9.59 Å². The van der Waals surface area contributed by atoms with Gasteiger partial charge in [0.2, 0.25) is 5.91 Å². The van der Waals surface area contributed by atoms with Crippen LogP contribution in [0.25, 0.3) is 0 Å². The summed E-state index contributed by atoms with van der Waals surface area (Å²) in [6, 6.07) is 16.5. The fourth-order valence-corrected chi connectivity index (χ4v) is 3.32. The number of amides is 2. The molecule has 0 unspecified atom stereocenters. The molecular formula is C23H27NO5. The Hall–Kier alpha value is -2.86. The van der Waals surface area contributed by atoms with E-state index in [4.69, 9.17) is 14.2 Å². The first-order valence-corrected chi connectivity index (χ1v) is 9.63. The molecule has 1 aliphatic rings. The van der Waals surface area contributed by atoms with Gasteiger partial charge >= 0.3 is 6.09 Å². The summed E-state index contributed by atoms with van der Waals surface area (Å²) in [7, 11) is 1.59. The third kappa shape index (κ3) is 5.15. The zero-order valence-corrected chi connectivity index (χ0v) is 17.3. The van der Waals surface area contributed by atoms with E-state index < -0.39 is 23.8 Å². The second-order valence-electron chi connectivity index (χ2n) is 8.00. The number of carbonyl (C=O) groups excluding carboxylic acids is 2. The van der Waals surface area contributed by atoms with Gasteiger partial charge in [-0.1, -0.05) is 42.5 Å². The molecule has 0 aliphatic carbocycles. The van der Waals surface area contributed by atoms with Crippen molar-refractivity contribution in [1.82, 2.24) is 4.90 Å². The minimum Gasteiger partial charge on any atom is -0.497 e. The van der Waals surface area contributed by atoms with E-state index in [1.54, 1.807) is 40.0 Å². The average Bonchev–Trinajstić information content (AvgIpc) is 3.02. The number of methoxy groups -OCH3 is 1. The summed E-state index contributed by atoms with van der Waals surface area (Å²) in [6.07, 6.45) is -1.01. The molecule has 2 aromatic rings. The normalized spacial score (nSPS) is 19.3. The Bertz CT molecular complexity index is 842. The zero-order chi connectivity index (χ0) is 21.0. The van der Waals surface area contributed by atoms with Gasteiger partial charge in [-0.3, -0.25) is 4.79 Å². The van der Waals surface area contributed by atoms with Crippen molar-refractivity contribution in [2.45, 2.75) is 51.5 Å². The maximum absolute atomic E-state index is 12.8. The van der Waals surface area contributed by atoms with Crippen molar-refractivity contribution < 1.29 is 23.8 Å². The van der Waals surface area contributed by atoms with Crippen LogP contribution in [0.15, 0.2) is 54.6 Å². The molecule has 1 saturated heterocycles. The van der Waals surface area contributed by atoms with E-state index in [1.807, 2.05) is 42.5 Å². The SMILES string of the molecule is COc1ccc([C@H]2[C@@H](OCc3ccccc3)CC(=O)N2C(=O)OC(C)(C)C)cc1. The lowest BCUT2D eigenvalue weighted by Gasteiger charge is -2.29.